The van der Waals surface area contributed by atoms with Crippen LogP contribution < -0.4 is 4.90 Å². The SMILES string of the molecule is N#Cc1ccc(N(Cc2ccccc2Cl)[C@H]2CCN(S(=O)(=O)c3ccccc3C#N)C2)cc1Cl. The van der Waals surface area contributed by atoms with Crippen molar-refractivity contribution in [3.05, 3.63) is 93.5 Å². The molecule has 0 aromatic heterocycles. The predicted octanol–water partition coefficient (Wildman–Crippen LogP) is 5.21. The summed E-state index contributed by atoms with van der Waals surface area (Å²) in [7, 11) is -3.84. The Morgan fingerprint density at radius 2 is 1.65 bits per heavy atom. The summed E-state index contributed by atoms with van der Waals surface area (Å²) in [5, 5.41) is 19.6. The number of anilines is 1. The standard InChI is InChI=1S/C25H20Cl2N4O2S/c26-23-7-3-1-6-20(23)16-31(21-10-9-18(14-28)24(27)13-21)22-11-12-30(17-22)34(32,33)25-8-4-2-5-19(25)15-29/h1-10,13,22H,11-12,16-17H2/t22-/m0/s1. The number of rotatable bonds is 6. The van der Waals surface area contributed by atoms with Crippen LogP contribution in [0.2, 0.25) is 10.0 Å². The van der Waals surface area contributed by atoms with Gasteiger partial charge in [0.15, 0.2) is 0 Å². The van der Waals surface area contributed by atoms with Gasteiger partial charge in [0.2, 0.25) is 10.0 Å². The second-order valence-electron chi connectivity index (χ2n) is 7.91. The molecule has 9 heteroatoms. The molecule has 1 heterocycles. The third-order valence-electron chi connectivity index (χ3n) is 5.90. The number of halogens is 2. The molecule has 6 nitrogen and oxygen atoms in total. The molecule has 34 heavy (non-hydrogen) atoms. The average Bonchev–Trinajstić information content (AvgIpc) is 3.34. The van der Waals surface area contributed by atoms with Crippen molar-refractivity contribution < 1.29 is 8.42 Å². The van der Waals surface area contributed by atoms with Crippen LogP contribution in [0.1, 0.15) is 23.1 Å². The van der Waals surface area contributed by atoms with E-state index in [2.05, 4.69) is 11.0 Å². The van der Waals surface area contributed by atoms with Crippen molar-refractivity contribution in [2.75, 3.05) is 18.0 Å². The number of sulfonamides is 1. The maximum atomic E-state index is 13.3. The van der Waals surface area contributed by atoms with Crippen LogP contribution in [0.15, 0.2) is 71.6 Å². The lowest BCUT2D eigenvalue weighted by Crippen LogP contribution is -2.39. The van der Waals surface area contributed by atoms with Gasteiger partial charge in [-0.1, -0.05) is 53.5 Å². The number of hydrogen-bond acceptors (Lipinski definition) is 5. The van der Waals surface area contributed by atoms with Gasteiger partial charge in [-0.2, -0.15) is 14.8 Å². The van der Waals surface area contributed by atoms with E-state index in [0.29, 0.717) is 35.1 Å². The Bertz CT molecular complexity index is 1410. The molecule has 0 radical (unpaired) electrons. The van der Waals surface area contributed by atoms with Gasteiger partial charge in [-0.05, 0) is 48.4 Å². The predicted molar refractivity (Wildman–Crippen MR) is 132 cm³/mol. The first kappa shape index (κ1) is 24.1. The number of nitriles is 2. The van der Waals surface area contributed by atoms with Gasteiger partial charge in [-0.15, -0.1) is 0 Å². The average molecular weight is 511 g/mol. The van der Waals surface area contributed by atoms with Gasteiger partial charge in [-0.25, -0.2) is 8.42 Å². The molecule has 0 N–H and O–H groups in total. The number of benzene rings is 3. The fraction of sp³-hybridized carbons (Fsp3) is 0.200. The Morgan fingerprint density at radius 3 is 2.35 bits per heavy atom. The molecule has 1 fully saturated rings. The van der Waals surface area contributed by atoms with Crippen LogP contribution in [0, 0.1) is 22.7 Å². The molecule has 0 saturated carbocycles. The second-order valence-corrected chi connectivity index (χ2v) is 10.6. The molecule has 0 unspecified atom stereocenters. The third-order valence-corrected chi connectivity index (χ3v) is 8.50. The zero-order valence-corrected chi connectivity index (χ0v) is 20.4. The monoisotopic (exact) mass is 510 g/mol. The smallest absolute Gasteiger partial charge is 0.244 e. The largest absolute Gasteiger partial charge is 0.363 e. The van der Waals surface area contributed by atoms with Gasteiger partial charge in [0.25, 0.3) is 0 Å². The molecular formula is C25H20Cl2N4O2S. The lowest BCUT2D eigenvalue weighted by molar-refractivity contribution is 0.468. The lowest BCUT2D eigenvalue weighted by Gasteiger charge is -2.32. The van der Waals surface area contributed by atoms with Gasteiger partial charge < -0.3 is 4.90 Å². The molecule has 172 valence electrons. The molecule has 1 aliphatic rings. The van der Waals surface area contributed by atoms with Crippen LogP contribution >= 0.6 is 23.2 Å². The highest BCUT2D eigenvalue weighted by Crippen LogP contribution is 2.32. The topological polar surface area (TPSA) is 88.2 Å². The van der Waals surface area contributed by atoms with E-state index < -0.39 is 10.0 Å². The van der Waals surface area contributed by atoms with Crippen LogP contribution in [0.25, 0.3) is 0 Å². The first-order valence-corrected chi connectivity index (χ1v) is 12.7. The van der Waals surface area contributed by atoms with E-state index in [1.54, 1.807) is 24.3 Å². The van der Waals surface area contributed by atoms with Crippen molar-refractivity contribution in [1.82, 2.24) is 4.31 Å². The normalized spacial score (nSPS) is 16.1. The van der Waals surface area contributed by atoms with E-state index in [0.717, 1.165) is 11.3 Å². The van der Waals surface area contributed by atoms with Crippen molar-refractivity contribution in [3.63, 3.8) is 0 Å². The summed E-state index contributed by atoms with van der Waals surface area (Å²) < 4.78 is 28.1. The number of hydrogen-bond donors (Lipinski definition) is 0. The van der Waals surface area contributed by atoms with Crippen LogP contribution in [0.3, 0.4) is 0 Å². The Kier molecular flexibility index (Phi) is 7.11. The summed E-state index contributed by atoms with van der Waals surface area (Å²) in [6.45, 7) is 0.995. The van der Waals surface area contributed by atoms with Gasteiger partial charge in [0.05, 0.1) is 21.0 Å². The van der Waals surface area contributed by atoms with Crippen LogP contribution in [-0.2, 0) is 16.6 Å². The van der Waals surface area contributed by atoms with Gasteiger partial charge >= 0.3 is 0 Å². The second kappa shape index (κ2) is 10.0. The van der Waals surface area contributed by atoms with E-state index in [1.165, 1.54) is 16.4 Å². The maximum Gasteiger partial charge on any atom is 0.244 e. The highest BCUT2D eigenvalue weighted by molar-refractivity contribution is 7.89. The summed E-state index contributed by atoms with van der Waals surface area (Å²) >= 11 is 12.7. The molecule has 0 aliphatic carbocycles. The fourth-order valence-electron chi connectivity index (χ4n) is 4.12. The summed E-state index contributed by atoms with van der Waals surface area (Å²) in [6, 6.07) is 22.8. The van der Waals surface area contributed by atoms with E-state index in [1.807, 2.05) is 36.4 Å². The van der Waals surface area contributed by atoms with E-state index in [9.17, 15) is 18.9 Å². The highest BCUT2D eigenvalue weighted by Gasteiger charge is 2.36. The van der Waals surface area contributed by atoms with Crippen LogP contribution in [0.4, 0.5) is 5.69 Å². The van der Waals surface area contributed by atoms with Gasteiger partial charge in [0, 0.05) is 36.4 Å². The minimum atomic E-state index is -3.84. The van der Waals surface area contributed by atoms with E-state index in [4.69, 9.17) is 23.2 Å². The molecule has 1 saturated heterocycles. The molecule has 1 atom stereocenters. The van der Waals surface area contributed by atoms with E-state index in [-0.39, 0.29) is 23.0 Å². The molecule has 1 aliphatic heterocycles. The summed E-state index contributed by atoms with van der Waals surface area (Å²) in [5.74, 6) is 0. The Labute approximate surface area is 209 Å². The molecule has 0 bridgehead atoms. The quantitative estimate of drug-likeness (QED) is 0.454. The summed E-state index contributed by atoms with van der Waals surface area (Å²) in [6.07, 6.45) is 0.579. The zero-order valence-electron chi connectivity index (χ0n) is 18.0. The molecule has 3 aromatic carbocycles. The highest BCUT2D eigenvalue weighted by atomic mass is 35.5. The third kappa shape index (κ3) is 4.75. The number of nitrogens with zero attached hydrogens (tertiary/aromatic N) is 4. The van der Waals surface area contributed by atoms with Gasteiger partial charge in [0.1, 0.15) is 12.1 Å². The molecule has 4 rings (SSSR count). The van der Waals surface area contributed by atoms with Crippen LogP contribution in [0.5, 0.6) is 0 Å². The molecular weight excluding hydrogens is 491 g/mol. The summed E-state index contributed by atoms with van der Waals surface area (Å²) in [5.41, 5.74) is 2.15. The van der Waals surface area contributed by atoms with Crippen molar-refractivity contribution in [3.8, 4) is 12.1 Å². The van der Waals surface area contributed by atoms with Crippen molar-refractivity contribution in [1.29, 1.82) is 10.5 Å². The van der Waals surface area contributed by atoms with E-state index >= 15 is 0 Å². The Hall–Kier alpha value is -3.07. The Morgan fingerprint density at radius 1 is 0.941 bits per heavy atom. The van der Waals surface area contributed by atoms with Crippen molar-refractivity contribution >= 4 is 38.9 Å². The van der Waals surface area contributed by atoms with Crippen LogP contribution in [-0.4, -0.2) is 31.9 Å². The minimum absolute atomic E-state index is 0.0113. The van der Waals surface area contributed by atoms with Crippen molar-refractivity contribution in [2.45, 2.75) is 23.9 Å². The first-order valence-electron chi connectivity index (χ1n) is 10.5. The maximum absolute atomic E-state index is 13.3. The van der Waals surface area contributed by atoms with Gasteiger partial charge in [-0.3, -0.25) is 0 Å². The molecule has 0 amide bonds. The molecule has 3 aromatic rings. The summed E-state index contributed by atoms with van der Waals surface area (Å²) in [4.78, 5) is 2.08. The Balaban J connectivity index is 1.68. The minimum Gasteiger partial charge on any atom is -0.363 e. The van der Waals surface area contributed by atoms with Crippen molar-refractivity contribution in [2.24, 2.45) is 0 Å². The fourth-order valence-corrected chi connectivity index (χ4v) is 6.17. The first-order chi connectivity index (χ1) is 16.3. The lowest BCUT2D eigenvalue weighted by atomic mass is 10.1. The molecule has 0 spiro atoms. The zero-order chi connectivity index (χ0) is 24.3.